The molecule has 1 aromatic heterocycles. The Morgan fingerprint density at radius 1 is 1.56 bits per heavy atom. The van der Waals surface area contributed by atoms with Crippen molar-refractivity contribution >= 4 is 34.4 Å². The number of thiazole rings is 1. The first-order valence-corrected chi connectivity index (χ1v) is 5.27. The number of primary amides is 1. The fraction of sp³-hybridized carbons (Fsp3) is 0.222. The predicted molar refractivity (Wildman–Crippen MR) is 60.7 cm³/mol. The molecule has 1 aromatic rings. The summed E-state index contributed by atoms with van der Waals surface area (Å²) in [7, 11) is 0. The maximum atomic E-state index is 11.4. The van der Waals surface area contributed by atoms with Crippen molar-refractivity contribution < 1.29 is 14.3 Å². The first-order chi connectivity index (χ1) is 7.54. The molecular formula is C9H11N3O3S. The molecule has 6 nitrogen and oxygen atoms in total. The van der Waals surface area contributed by atoms with E-state index in [-0.39, 0.29) is 17.4 Å². The molecule has 0 radical (unpaired) electrons. The van der Waals surface area contributed by atoms with E-state index in [1.807, 2.05) is 0 Å². The van der Waals surface area contributed by atoms with Gasteiger partial charge in [-0.15, -0.1) is 0 Å². The van der Waals surface area contributed by atoms with Gasteiger partial charge in [0.25, 0.3) is 0 Å². The molecule has 0 saturated carbocycles. The third kappa shape index (κ3) is 3.06. The molecule has 4 N–H and O–H groups in total. The topological polar surface area (TPSA) is 108 Å². The molecule has 0 atom stereocenters. The molecule has 1 rings (SSSR count). The number of carbonyl (C=O) groups is 2. The van der Waals surface area contributed by atoms with E-state index in [1.165, 1.54) is 6.08 Å². The maximum Gasteiger partial charge on any atom is 0.358 e. The van der Waals surface area contributed by atoms with Crippen LogP contribution in [-0.2, 0) is 9.53 Å². The zero-order valence-electron chi connectivity index (χ0n) is 8.60. The van der Waals surface area contributed by atoms with E-state index in [1.54, 1.807) is 6.92 Å². The number of aromatic nitrogens is 1. The quantitative estimate of drug-likeness (QED) is 0.586. The number of anilines is 1. The number of amides is 1. The summed E-state index contributed by atoms with van der Waals surface area (Å²) in [5.74, 6) is -1.18. The molecule has 0 aliphatic carbocycles. The Hall–Kier alpha value is -1.89. The van der Waals surface area contributed by atoms with Crippen LogP contribution < -0.4 is 11.5 Å². The maximum absolute atomic E-state index is 11.4. The van der Waals surface area contributed by atoms with Crippen LogP contribution in [0.25, 0.3) is 6.08 Å². The minimum atomic E-state index is -0.609. The van der Waals surface area contributed by atoms with Crippen molar-refractivity contribution in [2.45, 2.75) is 6.92 Å². The second-order valence-electron chi connectivity index (χ2n) is 2.72. The van der Waals surface area contributed by atoms with Crippen LogP contribution >= 0.6 is 11.3 Å². The Morgan fingerprint density at radius 2 is 2.25 bits per heavy atom. The highest BCUT2D eigenvalue weighted by Gasteiger charge is 2.16. The third-order valence-corrected chi connectivity index (χ3v) is 2.39. The average Bonchev–Trinajstić information content (AvgIpc) is 2.57. The minimum Gasteiger partial charge on any atom is -0.461 e. The van der Waals surface area contributed by atoms with Crippen LogP contribution in [0.1, 0.15) is 22.3 Å². The average molecular weight is 241 g/mol. The van der Waals surface area contributed by atoms with Crippen LogP contribution in [0.4, 0.5) is 5.13 Å². The lowest BCUT2D eigenvalue weighted by Gasteiger charge is -1.98. The van der Waals surface area contributed by atoms with Crippen molar-refractivity contribution in [3.63, 3.8) is 0 Å². The largest absolute Gasteiger partial charge is 0.461 e. The number of nitrogens with two attached hydrogens (primary N) is 2. The molecule has 0 unspecified atom stereocenters. The minimum absolute atomic E-state index is 0.0989. The Labute approximate surface area is 95.9 Å². The molecule has 1 heterocycles. The van der Waals surface area contributed by atoms with Crippen LogP contribution in [0.3, 0.4) is 0 Å². The van der Waals surface area contributed by atoms with Crippen LogP contribution in [0.2, 0.25) is 0 Å². The number of nitrogens with zero attached hydrogens (tertiary/aromatic N) is 1. The normalized spacial score (nSPS) is 10.6. The Morgan fingerprint density at radius 3 is 2.81 bits per heavy atom. The fourth-order valence-corrected chi connectivity index (χ4v) is 1.69. The zero-order chi connectivity index (χ0) is 12.1. The summed E-state index contributed by atoms with van der Waals surface area (Å²) in [6.07, 6.45) is 2.53. The van der Waals surface area contributed by atoms with Crippen molar-refractivity contribution in [1.82, 2.24) is 4.98 Å². The lowest BCUT2D eigenvalue weighted by atomic mass is 10.3. The first-order valence-electron chi connectivity index (χ1n) is 4.45. The van der Waals surface area contributed by atoms with E-state index >= 15 is 0 Å². The molecule has 0 bridgehead atoms. The SMILES string of the molecule is CCOC(=O)c1nc(N)sc1C=CC(N)=O. The number of hydrogen-bond donors (Lipinski definition) is 2. The number of esters is 1. The van der Waals surface area contributed by atoms with Crippen molar-refractivity contribution in [3.05, 3.63) is 16.6 Å². The van der Waals surface area contributed by atoms with Crippen LogP contribution in [0.15, 0.2) is 6.08 Å². The van der Waals surface area contributed by atoms with Gasteiger partial charge in [0.2, 0.25) is 5.91 Å². The molecule has 1 amide bonds. The second-order valence-corrected chi connectivity index (χ2v) is 3.78. The smallest absolute Gasteiger partial charge is 0.358 e. The summed E-state index contributed by atoms with van der Waals surface area (Å²) < 4.78 is 4.79. The third-order valence-electron chi connectivity index (χ3n) is 1.54. The van der Waals surface area contributed by atoms with Gasteiger partial charge in [-0.25, -0.2) is 9.78 Å². The number of rotatable bonds is 4. The van der Waals surface area contributed by atoms with E-state index < -0.39 is 11.9 Å². The van der Waals surface area contributed by atoms with E-state index in [0.717, 1.165) is 17.4 Å². The van der Waals surface area contributed by atoms with Gasteiger partial charge in [0.15, 0.2) is 10.8 Å². The van der Waals surface area contributed by atoms with Gasteiger partial charge in [0, 0.05) is 6.08 Å². The molecule has 0 saturated heterocycles. The van der Waals surface area contributed by atoms with Gasteiger partial charge < -0.3 is 16.2 Å². The molecule has 86 valence electrons. The van der Waals surface area contributed by atoms with Crippen LogP contribution in [-0.4, -0.2) is 23.5 Å². The molecule has 0 aromatic carbocycles. The summed E-state index contributed by atoms with van der Waals surface area (Å²) >= 11 is 1.08. The van der Waals surface area contributed by atoms with E-state index in [9.17, 15) is 9.59 Å². The van der Waals surface area contributed by atoms with Gasteiger partial charge in [0.05, 0.1) is 11.5 Å². The van der Waals surface area contributed by atoms with E-state index in [4.69, 9.17) is 16.2 Å². The van der Waals surface area contributed by atoms with Crippen molar-refractivity contribution in [3.8, 4) is 0 Å². The van der Waals surface area contributed by atoms with Gasteiger partial charge in [-0.1, -0.05) is 11.3 Å². The second kappa shape index (κ2) is 5.26. The Bertz CT molecular complexity index is 439. The van der Waals surface area contributed by atoms with E-state index in [2.05, 4.69) is 4.98 Å². The summed E-state index contributed by atoms with van der Waals surface area (Å²) in [5.41, 5.74) is 10.5. The predicted octanol–water partition coefficient (Wildman–Crippen LogP) is 0.401. The number of ether oxygens (including phenoxy) is 1. The van der Waals surface area contributed by atoms with Crippen LogP contribution in [0, 0.1) is 0 Å². The molecule has 0 spiro atoms. The zero-order valence-corrected chi connectivity index (χ0v) is 9.41. The number of carbonyl (C=O) groups excluding carboxylic acids is 2. The number of hydrogen-bond acceptors (Lipinski definition) is 6. The lowest BCUT2D eigenvalue weighted by molar-refractivity contribution is -0.113. The first kappa shape index (κ1) is 12.2. The van der Waals surface area contributed by atoms with Crippen molar-refractivity contribution in [2.24, 2.45) is 5.73 Å². The molecule has 0 fully saturated rings. The monoisotopic (exact) mass is 241 g/mol. The van der Waals surface area contributed by atoms with Gasteiger partial charge >= 0.3 is 5.97 Å². The molecule has 7 heteroatoms. The molecule has 0 aliphatic rings. The fourth-order valence-electron chi connectivity index (χ4n) is 0.966. The highest BCUT2D eigenvalue weighted by atomic mass is 32.1. The van der Waals surface area contributed by atoms with E-state index in [0.29, 0.717) is 4.88 Å². The summed E-state index contributed by atoms with van der Waals surface area (Å²) in [5, 5.41) is 0.229. The summed E-state index contributed by atoms with van der Waals surface area (Å²) in [6, 6.07) is 0. The van der Waals surface area contributed by atoms with Crippen molar-refractivity contribution in [2.75, 3.05) is 12.3 Å². The van der Waals surface area contributed by atoms with Gasteiger partial charge in [-0.05, 0) is 13.0 Å². The molecular weight excluding hydrogens is 230 g/mol. The molecule has 16 heavy (non-hydrogen) atoms. The number of nitrogen functional groups attached to an aromatic ring is 1. The van der Waals surface area contributed by atoms with Gasteiger partial charge in [0.1, 0.15) is 0 Å². The van der Waals surface area contributed by atoms with Gasteiger partial charge in [-0.2, -0.15) is 0 Å². The summed E-state index contributed by atoms with van der Waals surface area (Å²) in [6.45, 7) is 1.93. The molecule has 0 aliphatic heterocycles. The van der Waals surface area contributed by atoms with Gasteiger partial charge in [-0.3, -0.25) is 4.79 Å². The van der Waals surface area contributed by atoms with Crippen molar-refractivity contribution in [1.29, 1.82) is 0 Å². The lowest BCUT2D eigenvalue weighted by Crippen LogP contribution is -2.07. The standard InChI is InChI=1S/C9H11N3O3S/c1-2-15-8(14)7-5(3-4-6(10)13)16-9(11)12-7/h3-4H,2H2,1H3,(H2,10,13)(H2,11,12). The Balaban J connectivity index is 3.00. The van der Waals surface area contributed by atoms with Crippen LogP contribution in [0.5, 0.6) is 0 Å². The highest BCUT2D eigenvalue weighted by Crippen LogP contribution is 2.22. The highest BCUT2D eigenvalue weighted by molar-refractivity contribution is 7.16. The summed E-state index contributed by atoms with van der Waals surface area (Å²) in [4.78, 5) is 26.3. The Kier molecular flexibility index (Phi) is 4.01.